The van der Waals surface area contributed by atoms with Gasteiger partial charge in [0.2, 0.25) is 0 Å². The Kier molecular flexibility index (Phi) is 3.38. The van der Waals surface area contributed by atoms with Crippen LogP contribution < -0.4 is 9.47 Å². The third-order valence-corrected chi connectivity index (χ3v) is 1.80. The molecule has 2 heteroatoms. The Morgan fingerprint density at radius 3 is 2.46 bits per heavy atom. The molecule has 0 bridgehead atoms. The van der Waals surface area contributed by atoms with Gasteiger partial charge in [-0.2, -0.15) is 0 Å². The summed E-state index contributed by atoms with van der Waals surface area (Å²) in [5.74, 6) is 1.48. The van der Waals surface area contributed by atoms with E-state index in [1.807, 2.05) is 18.2 Å². The second kappa shape index (κ2) is 4.55. The molecule has 0 atom stereocenters. The van der Waals surface area contributed by atoms with Gasteiger partial charge in [0.05, 0.1) is 14.2 Å². The first-order valence-corrected chi connectivity index (χ1v) is 4.06. The van der Waals surface area contributed by atoms with Gasteiger partial charge in [0.15, 0.2) is 11.5 Å². The lowest BCUT2D eigenvalue weighted by Crippen LogP contribution is -1.91. The molecular weight excluding hydrogens is 164 g/mol. The van der Waals surface area contributed by atoms with E-state index in [9.17, 15) is 0 Å². The molecule has 2 nitrogen and oxygen atoms in total. The zero-order valence-electron chi connectivity index (χ0n) is 7.91. The maximum absolute atomic E-state index is 5.33. The van der Waals surface area contributed by atoms with Crippen LogP contribution in [0.15, 0.2) is 24.3 Å². The minimum Gasteiger partial charge on any atom is -0.518 e. The lowest BCUT2D eigenvalue weighted by atomic mass is 10.1. The van der Waals surface area contributed by atoms with E-state index in [0.29, 0.717) is 0 Å². The summed E-state index contributed by atoms with van der Waals surface area (Å²) in [5.41, 5.74) is 1.11. The molecule has 1 rings (SSSR count). The largest absolute Gasteiger partial charge is 0.518 e. The Morgan fingerprint density at radius 1 is 1.23 bits per heavy atom. The maximum atomic E-state index is 5.33. The van der Waals surface area contributed by atoms with Crippen LogP contribution in [-0.4, -0.2) is 14.2 Å². The predicted octanol–water partition coefficient (Wildman–Crippen LogP) is 2.24. The van der Waals surface area contributed by atoms with E-state index in [0.717, 1.165) is 23.5 Å². The van der Waals surface area contributed by atoms with Gasteiger partial charge in [-0.25, -0.2) is 0 Å². The van der Waals surface area contributed by atoms with Gasteiger partial charge in [0.1, 0.15) is 0 Å². The summed E-state index contributed by atoms with van der Waals surface area (Å²) in [4.78, 5) is 0. The van der Waals surface area contributed by atoms with Crippen LogP contribution in [0, 0.1) is 6.58 Å². The van der Waals surface area contributed by atoms with Crippen molar-refractivity contribution in [1.82, 2.24) is 0 Å². The smallest absolute Gasteiger partial charge is 0.160 e. The molecule has 1 aromatic rings. The quantitative estimate of drug-likeness (QED) is 0.656. The number of ether oxygens (including phenoxy) is 2. The highest BCUT2D eigenvalue weighted by atomic mass is 16.5. The number of rotatable bonds is 4. The molecule has 0 N–H and O–H groups in total. The first kappa shape index (κ1) is 9.65. The number of benzene rings is 1. The van der Waals surface area contributed by atoms with Crippen LogP contribution >= 0.6 is 0 Å². The van der Waals surface area contributed by atoms with Crippen LogP contribution in [0.2, 0.25) is 0 Å². The van der Waals surface area contributed by atoms with Gasteiger partial charge in [0.25, 0.3) is 0 Å². The van der Waals surface area contributed by atoms with E-state index in [4.69, 9.17) is 16.1 Å². The highest BCUT2D eigenvalue weighted by molar-refractivity contribution is 5.43. The van der Waals surface area contributed by atoms with Gasteiger partial charge in [-0.1, -0.05) is 6.07 Å². The first-order chi connectivity index (χ1) is 6.31. The van der Waals surface area contributed by atoms with Crippen molar-refractivity contribution in [2.75, 3.05) is 14.2 Å². The van der Waals surface area contributed by atoms with Gasteiger partial charge in [-0.3, -0.25) is 6.08 Å². The van der Waals surface area contributed by atoms with Crippen LogP contribution in [0.25, 0.3) is 0 Å². The molecule has 13 heavy (non-hydrogen) atoms. The van der Waals surface area contributed by atoms with E-state index in [-0.39, 0.29) is 0 Å². The molecule has 1 aromatic carbocycles. The van der Waals surface area contributed by atoms with Crippen LogP contribution in [0.1, 0.15) is 5.56 Å². The summed E-state index contributed by atoms with van der Waals surface area (Å²) in [6.45, 7) is 5.33. The fraction of sp³-hybridized carbons (Fsp3) is 0.273. The molecule has 0 amide bonds. The van der Waals surface area contributed by atoms with E-state index >= 15 is 0 Å². The normalized spacial score (nSPS) is 9.38. The van der Waals surface area contributed by atoms with E-state index in [2.05, 4.69) is 0 Å². The number of hydrogen-bond donors (Lipinski definition) is 0. The van der Waals surface area contributed by atoms with Crippen molar-refractivity contribution in [1.29, 1.82) is 0 Å². The molecule has 0 spiro atoms. The summed E-state index contributed by atoms with van der Waals surface area (Å²) in [7, 11) is 3.24. The van der Waals surface area contributed by atoms with Crippen LogP contribution in [-0.2, 0) is 6.42 Å². The summed E-state index contributed by atoms with van der Waals surface area (Å²) in [6, 6.07) is 5.75. The zero-order chi connectivity index (χ0) is 9.68. The maximum Gasteiger partial charge on any atom is 0.160 e. The fourth-order valence-corrected chi connectivity index (χ4v) is 1.14. The summed E-state index contributed by atoms with van der Waals surface area (Å²) < 4.78 is 10.2. The van der Waals surface area contributed by atoms with E-state index in [1.54, 1.807) is 20.3 Å². The molecule has 0 unspecified atom stereocenters. The van der Waals surface area contributed by atoms with Crippen LogP contribution in [0.3, 0.4) is 0 Å². The third-order valence-electron chi connectivity index (χ3n) is 1.80. The SMILES string of the molecule is [CH-]=CCc1ccc(OC)c(OC)c1. The van der Waals surface area contributed by atoms with Crippen molar-refractivity contribution < 1.29 is 9.47 Å². The molecular formula is C11H13O2-. The van der Waals surface area contributed by atoms with Crippen molar-refractivity contribution >= 4 is 0 Å². The molecule has 0 saturated heterocycles. The molecule has 0 fully saturated rings. The summed E-state index contributed by atoms with van der Waals surface area (Å²) >= 11 is 0. The van der Waals surface area contributed by atoms with Gasteiger partial charge in [0, 0.05) is 0 Å². The number of hydrogen-bond acceptors (Lipinski definition) is 2. The Morgan fingerprint density at radius 2 is 1.92 bits per heavy atom. The molecule has 0 aliphatic rings. The van der Waals surface area contributed by atoms with Gasteiger partial charge >= 0.3 is 0 Å². The van der Waals surface area contributed by atoms with Crippen molar-refractivity contribution in [2.24, 2.45) is 0 Å². The molecule has 0 radical (unpaired) electrons. The average Bonchev–Trinajstić information content (AvgIpc) is 2.18. The van der Waals surface area contributed by atoms with Crippen molar-refractivity contribution in [3.05, 3.63) is 36.4 Å². The molecule has 0 aliphatic heterocycles. The van der Waals surface area contributed by atoms with Gasteiger partial charge < -0.3 is 16.1 Å². The van der Waals surface area contributed by atoms with Gasteiger partial charge in [-0.05, 0) is 24.1 Å². The van der Waals surface area contributed by atoms with E-state index in [1.165, 1.54) is 0 Å². The topological polar surface area (TPSA) is 18.5 Å². The standard InChI is InChI=1S/C11H13O2/c1-4-5-9-6-7-10(12-2)11(8-9)13-3/h1,4,6-8H,5H2,2-3H3/q-1. The predicted molar refractivity (Wildman–Crippen MR) is 52.1 cm³/mol. The molecule has 70 valence electrons. The highest BCUT2D eigenvalue weighted by Crippen LogP contribution is 2.27. The Bertz CT molecular complexity index is 292. The highest BCUT2D eigenvalue weighted by Gasteiger charge is 2.02. The third kappa shape index (κ3) is 2.25. The average molecular weight is 177 g/mol. The minimum absolute atomic E-state index is 0.736. The Labute approximate surface area is 78.8 Å². The summed E-state index contributed by atoms with van der Waals surface area (Å²) in [6.07, 6.45) is 2.35. The lowest BCUT2D eigenvalue weighted by Gasteiger charge is -2.08. The summed E-state index contributed by atoms with van der Waals surface area (Å²) in [5, 5.41) is 0. The molecule has 0 heterocycles. The monoisotopic (exact) mass is 177 g/mol. The number of allylic oxidation sites excluding steroid dienone is 1. The number of methoxy groups -OCH3 is 2. The van der Waals surface area contributed by atoms with E-state index < -0.39 is 0 Å². The molecule has 0 aliphatic carbocycles. The minimum atomic E-state index is 0.736. The van der Waals surface area contributed by atoms with Crippen molar-refractivity contribution in [3.63, 3.8) is 0 Å². The lowest BCUT2D eigenvalue weighted by molar-refractivity contribution is 0.354. The van der Waals surface area contributed by atoms with Crippen LogP contribution in [0.4, 0.5) is 0 Å². The fourth-order valence-electron chi connectivity index (χ4n) is 1.14. The Balaban J connectivity index is 2.98. The van der Waals surface area contributed by atoms with Crippen molar-refractivity contribution in [2.45, 2.75) is 6.42 Å². The first-order valence-electron chi connectivity index (χ1n) is 4.06. The zero-order valence-corrected chi connectivity index (χ0v) is 7.91. The van der Waals surface area contributed by atoms with Crippen molar-refractivity contribution in [3.8, 4) is 11.5 Å². The second-order valence-electron chi connectivity index (χ2n) is 2.63. The van der Waals surface area contributed by atoms with Crippen LogP contribution in [0.5, 0.6) is 11.5 Å². The molecule has 0 aromatic heterocycles. The van der Waals surface area contributed by atoms with Gasteiger partial charge in [-0.15, -0.1) is 0 Å². The Hall–Kier alpha value is -1.44. The molecule has 0 saturated carbocycles. The second-order valence-corrected chi connectivity index (χ2v) is 2.63.